The third-order valence-corrected chi connectivity index (χ3v) is 2.60. The molecule has 1 fully saturated rings. The first kappa shape index (κ1) is 11.0. The van der Waals surface area contributed by atoms with Crippen molar-refractivity contribution in [3.63, 3.8) is 0 Å². The molecule has 4 N–H and O–H groups in total. The van der Waals surface area contributed by atoms with Gasteiger partial charge in [-0.15, -0.1) is 0 Å². The van der Waals surface area contributed by atoms with E-state index in [9.17, 15) is 0 Å². The van der Waals surface area contributed by atoms with Crippen molar-refractivity contribution >= 4 is 5.96 Å². The first-order chi connectivity index (χ1) is 7.78. The Hall–Kier alpha value is -1.55. The molecule has 0 aliphatic heterocycles. The highest BCUT2D eigenvalue weighted by Crippen LogP contribution is 2.18. The number of nitrogens with two attached hydrogens (primary N) is 1. The standard InChI is InChI=1S/C12H18N4/c1-9-2-4-10(5-3-9)8-14-12(16-13)15-11-6-7-11/h2-5,11H,6-8,13H2,1H3,(H2,14,15,16). The summed E-state index contributed by atoms with van der Waals surface area (Å²) in [5.41, 5.74) is 5.05. The topological polar surface area (TPSA) is 62.4 Å². The zero-order chi connectivity index (χ0) is 11.4. The highest BCUT2D eigenvalue weighted by atomic mass is 15.3. The maximum absolute atomic E-state index is 5.39. The van der Waals surface area contributed by atoms with Crippen LogP contribution < -0.4 is 16.6 Å². The van der Waals surface area contributed by atoms with Crippen molar-refractivity contribution in [1.29, 1.82) is 0 Å². The molecule has 0 radical (unpaired) electrons. The molecule has 1 aliphatic rings. The van der Waals surface area contributed by atoms with Crippen molar-refractivity contribution in [3.8, 4) is 0 Å². The lowest BCUT2D eigenvalue weighted by molar-refractivity contribution is 0.821. The normalized spacial score (nSPS) is 16.0. The van der Waals surface area contributed by atoms with Crippen LogP contribution in [0.1, 0.15) is 24.0 Å². The number of hydrazine groups is 1. The summed E-state index contributed by atoms with van der Waals surface area (Å²) in [6, 6.07) is 8.92. The second-order valence-electron chi connectivity index (χ2n) is 4.21. The zero-order valence-electron chi connectivity index (χ0n) is 9.53. The van der Waals surface area contributed by atoms with Crippen molar-refractivity contribution in [3.05, 3.63) is 35.4 Å². The van der Waals surface area contributed by atoms with Gasteiger partial charge in [0.2, 0.25) is 5.96 Å². The average Bonchev–Trinajstić information content (AvgIpc) is 3.10. The van der Waals surface area contributed by atoms with Crippen LogP contribution in [0.25, 0.3) is 0 Å². The van der Waals surface area contributed by atoms with Crippen molar-refractivity contribution in [2.45, 2.75) is 32.4 Å². The molecule has 0 aromatic heterocycles. The smallest absolute Gasteiger partial charge is 0.206 e. The fourth-order valence-electron chi connectivity index (χ4n) is 1.42. The summed E-state index contributed by atoms with van der Waals surface area (Å²) < 4.78 is 0. The van der Waals surface area contributed by atoms with Gasteiger partial charge in [-0.05, 0) is 25.3 Å². The van der Waals surface area contributed by atoms with Crippen molar-refractivity contribution < 1.29 is 0 Å². The van der Waals surface area contributed by atoms with E-state index in [1.54, 1.807) is 0 Å². The minimum Gasteiger partial charge on any atom is -0.353 e. The van der Waals surface area contributed by atoms with Gasteiger partial charge >= 0.3 is 0 Å². The molecule has 0 atom stereocenters. The summed E-state index contributed by atoms with van der Waals surface area (Å²) in [7, 11) is 0. The fraction of sp³-hybridized carbons (Fsp3) is 0.417. The van der Waals surface area contributed by atoms with E-state index in [4.69, 9.17) is 5.84 Å². The highest BCUT2D eigenvalue weighted by Gasteiger charge is 2.21. The van der Waals surface area contributed by atoms with Crippen LogP contribution in [0.2, 0.25) is 0 Å². The largest absolute Gasteiger partial charge is 0.353 e. The van der Waals surface area contributed by atoms with E-state index in [2.05, 4.69) is 46.9 Å². The van der Waals surface area contributed by atoms with Gasteiger partial charge < -0.3 is 5.32 Å². The third kappa shape index (κ3) is 3.24. The molecule has 1 saturated carbocycles. The Labute approximate surface area is 95.9 Å². The molecule has 4 nitrogen and oxygen atoms in total. The molecule has 4 heteroatoms. The van der Waals surface area contributed by atoms with E-state index in [1.807, 2.05) is 0 Å². The van der Waals surface area contributed by atoms with E-state index in [0.717, 1.165) is 0 Å². The molecule has 0 spiro atoms. The molecule has 2 rings (SSSR count). The van der Waals surface area contributed by atoms with Crippen LogP contribution in [-0.2, 0) is 6.54 Å². The molecule has 1 aromatic carbocycles. The predicted octanol–water partition coefficient (Wildman–Crippen LogP) is 1.07. The Kier molecular flexibility index (Phi) is 3.41. The van der Waals surface area contributed by atoms with Gasteiger partial charge in [0, 0.05) is 6.04 Å². The first-order valence-electron chi connectivity index (χ1n) is 5.61. The SMILES string of the molecule is Cc1ccc(CN=C(NN)NC2CC2)cc1. The molecule has 0 saturated heterocycles. The van der Waals surface area contributed by atoms with Crippen molar-refractivity contribution in [2.75, 3.05) is 0 Å². The minimum absolute atomic E-state index is 0.563. The van der Waals surface area contributed by atoms with Crippen molar-refractivity contribution in [1.82, 2.24) is 10.7 Å². The van der Waals surface area contributed by atoms with E-state index in [-0.39, 0.29) is 0 Å². The van der Waals surface area contributed by atoms with Gasteiger partial charge in [0.1, 0.15) is 0 Å². The summed E-state index contributed by atoms with van der Waals surface area (Å²) >= 11 is 0. The zero-order valence-corrected chi connectivity index (χ0v) is 9.53. The maximum Gasteiger partial charge on any atom is 0.206 e. The van der Waals surface area contributed by atoms with Gasteiger partial charge in [-0.2, -0.15) is 0 Å². The Morgan fingerprint density at radius 1 is 1.38 bits per heavy atom. The van der Waals surface area contributed by atoms with Crippen LogP contribution in [0.3, 0.4) is 0 Å². The highest BCUT2D eigenvalue weighted by molar-refractivity contribution is 5.79. The molecular weight excluding hydrogens is 200 g/mol. The van der Waals surface area contributed by atoms with E-state index < -0.39 is 0 Å². The van der Waals surface area contributed by atoms with E-state index >= 15 is 0 Å². The summed E-state index contributed by atoms with van der Waals surface area (Å²) in [6.45, 7) is 2.73. The quantitative estimate of drug-likeness (QED) is 0.308. The number of benzene rings is 1. The fourth-order valence-corrected chi connectivity index (χ4v) is 1.42. The summed E-state index contributed by atoms with van der Waals surface area (Å²) in [5.74, 6) is 6.08. The molecular formula is C12H18N4. The number of guanidine groups is 1. The molecule has 1 aromatic rings. The Morgan fingerprint density at radius 3 is 2.62 bits per heavy atom. The predicted molar refractivity (Wildman–Crippen MR) is 65.8 cm³/mol. The molecule has 86 valence electrons. The lowest BCUT2D eigenvalue weighted by Gasteiger charge is -2.07. The Morgan fingerprint density at radius 2 is 2.06 bits per heavy atom. The van der Waals surface area contributed by atoms with Gasteiger partial charge in [0.25, 0.3) is 0 Å². The second-order valence-corrected chi connectivity index (χ2v) is 4.21. The van der Waals surface area contributed by atoms with Crippen LogP contribution in [0.4, 0.5) is 0 Å². The minimum atomic E-state index is 0.563. The van der Waals surface area contributed by atoms with Crippen LogP contribution in [-0.4, -0.2) is 12.0 Å². The van der Waals surface area contributed by atoms with E-state index in [1.165, 1.54) is 24.0 Å². The van der Waals surface area contributed by atoms with Crippen LogP contribution in [0.5, 0.6) is 0 Å². The van der Waals surface area contributed by atoms with Gasteiger partial charge in [0.05, 0.1) is 6.54 Å². The second kappa shape index (κ2) is 4.99. The Bertz CT molecular complexity index is 365. The van der Waals surface area contributed by atoms with Crippen LogP contribution in [0.15, 0.2) is 29.3 Å². The molecule has 16 heavy (non-hydrogen) atoms. The molecule has 0 amide bonds. The van der Waals surface area contributed by atoms with Gasteiger partial charge in [-0.3, -0.25) is 5.43 Å². The molecule has 0 bridgehead atoms. The lowest BCUT2D eigenvalue weighted by atomic mass is 10.1. The van der Waals surface area contributed by atoms with E-state index in [0.29, 0.717) is 18.5 Å². The third-order valence-electron chi connectivity index (χ3n) is 2.60. The van der Waals surface area contributed by atoms with Gasteiger partial charge in [-0.1, -0.05) is 29.8 Å². The molecule has 0 heterocycles. The van der Waals surface area contributed by atoms with Crippen LogP contribution >= 0.6 is 0 Å². The number of nitrogens with one attached hydrogen (secondary N) is 2. The number of hydrogen-bond acceptors (Lipinski definition) is 2. The number of aliphatic imine (C=N–C) groups is 1. The number of nitrogens with zero attached hydrogens (tertiary/aromatic N) is 1. The van der Waals surface area contributed by atoms with Gasteiger partial charge in [0.15, 0.2) is 0 Å². The summed E-state index contributed by atoms with van der Waals surface area (Å²) in [5, 5.41) is 3.24. The number of aryl methyl sites for hydroxylation is 1. The van der Waals surface area contributed by atoms with Crippen LogP contribution in [0, 0.1) is 6.92 Å². The lowest BCUT2D eigenvalue weighted by Crippen LogP contribution is -2.42. The number of hydrogen-bond donors (Lipinski definition) is 3. The number of rotatable bonds is 3. The summed E-state index contributed by atoms with van der Waals surface area (Å²) in [6.07, 6.45) is 2.43. The average molecular weight is 218 g/mol. The summed E-state index contributed by atoms with van der Waals surface area (Å²) in [4.78, 5) is 4.39. The van der Waals surface area contributed by atoms with Gasteiger partial charge in [-0.25, -0.2) is 10.8 Å². The molecule has 0 unspecified atom stereocenters. The van der Waals surface area contributed by atoms with Crippen molar-refractivity contribution in [2.24, 2.45) is 10.8 Å². The monoisotopic (exact) mass is 218 g/mol. The molecule has 1 aliphatic carbocycles. The maximum atomic E-state index is 5.39. The Balaban J connectivity index is 1.91. The first-order valence-corrected chi connectivity index (χ1v) is 5.61.